The zero-order valence-electron chi connectivity index (χ0n) is 13.9. The molecule has 1 saturated carbocycles. The van der Waals surface area contributed by atoms with Crippen molar-refractivity contribution in [3.8, 4) is 0 Å². The van der Waals surface area contributed by atoms with E-state index in [2.05, 4.69) is 35.4 Å². The third kappa shape index (κ3) is 3.44. The van der Waals surface area contributed by atoms with E-state index in [-0.39, 0.29) is 5.54 Å². The smallest absolute Gasteiger partial charge is 0.0428 e. The molecule has 3 aliphatic rings. The molecular formula is C17H33N3S. The molecule has 1 atom stereocenters. The summed E-state index contributed by atoms with van der Waals surface area (Å²) in [4.78, 5) is 5.50. The van der Waals surface area contributed by atoms with E-state index < -0.39 is 0 Å². The predicted octanol–water partition coefficient (Wildman–Crippen LogP) is 2.41. The van der Waals surface area contributed by atoms with Gasteiger partial charge in [-0.25, -0.2) is 0 Å². The van der Waals surface area contributed by atoms with Gasteiger partial charge in [0.05, 0.1) is 0 Å². The lowest BCUT2D eigenvalue weighted by atomic mass is 9.78. The molecule has 0 bridgehead atoms. The van der Waals surface area contributed by atoms with Gasteiger partial charge < -0.3 is 5.73 Å². The van der Waals surface area contributed by atoms with Gasteiger partial charge in [-0.1, -0.05) is 26.7 Å². The van der Waals surface area contributed by atoms with E-state index in [9.17, 15) is 0 Å². The number of nitrogens with zero attached hydrogens (tertiary/aromatic N) is 2. The Morgan fingerprint density at radius 1 is 1.05 bits per heavy atom. The van der Waals surface area contributed by atoms with E-state index in [4.69, 9.17) is 5.73 Å². The fourth-order valence-corrected chi connectivity index (χ4v) is 6.34. The Morgan fingerprint density at radius 3 is 2.29 bits per heavy atom. The number of hydrogen-bond donors (Lipinski definition) is 1. The summed E-state index contributed by atoms with van der Waals surface area (Å²) in [6.07, 6.45) is 7.04. The molecular weight excluding hydrogens is 278 g/mol. The van der Waals surface area contributed by atoms with E-state index >= 15 is 0 Å². The number of rotatable bonds is 3. The standard InChI is InChI=1S/C17H33N3S/c1-16(2)11-17(12-18,14-21-13-16)20-9-7-19(8-10-20)15-5-3-4-6-15/h15H,3-14,18H2,1-2H3. The summed E-state index contributed by atoms with van der Waals surface area (Å²) in [5.74, 6) is 2.52. The van der Waals surface area contributed by atoms with Gasteiger partial charge in [-0.2, -0.15) is 11.8 Å². The summed E-state index contributed by atoms with van der Waals surface area (Å²) in [5, 5.41) is 0. The molecule has 0 aromatic carbocycles. The number of piperazine rings is 1. The lowest BCUT2D eigenvalue weighted by Gasteiger charge is -2.53. The molecule has 0 amide bonds. The largest absolute Gasteiger partial charge is 0.329 e. The number of thioether (sulfide) groups is 1. The van der Waals surface area contributed by atoms with E-state index in [1.54, 1.807) is 0 Å². The summed E-state index contributed by atoms with van der Waals surface area (Å²) < 4.78 is 0. The second kappa shape index (κ2) is 6.38. The third-order valence-corrected chi connectivity index (χ3v) is 7.60. The van der Waals surface area contributed by atoms with Crippen LogP contribution in [0.2, 0.25) is 0 Å². The Kier molecular flexibility index (Phi) is 4.90. The van der Waals surface area contributed by atoms with E-state index in [1.807, 2.05) is 0 Å². The minimum absolute atomic E-state index is 0.258. The molecule has 2 saturated heterocycles. The first-order chi connectivity index (χ1) is 10.0. The maximum atomic E-state index is 6.28. The number of hydrogen-bond acceptors (Lipinski definition) is 4. The SMILES string of the molecule is CC1(C)CSCC(CN)(N2CCN(C3CCCC3)CC2)C1. The third-order valence-electron chi connectivity index (χ3n) is 5.88. The predicted molar refractivity (Wildman–Crippen MR) is 92.9 cm³/mol. The molecule has 2 heterocycles. The van der Waals surface area contributed by atoms with Gasteiger partial charge >= 0.3 is 0 Å². The lowest BCUT2D eigenvalue weighted by Crippen LogP contribution is -2.64. The van der Waals surface area contributed by atoms with Crippen LogP contribution in [-0.2, 0) is 0 Å². The summed E-state index contributed by atoms with van der Waals surface area (Å²) >= 11 is 2.12. The van der Waals surface area contributed by atoms with Gasteiger partial charge in [0.25, 0.3) is 0 Å². The van der Waals surface area contributed by atoms with Crippen LogP contribution in [0.1, 0.15) is 46.0 Å². The fourth-order valence-electron chi connectivity index (χ4n) is 4.80. The second-order valence-electron chi connectivity index (χ2n) is 8.22. The first kappa shape index (κ1) is 16.1. The summed E-state index contributed by atoms with van der Waals surface area (Å²) in [6.45, 7) is 10.6. The molecule has 2 N–H and O–H groups in total. The highest BCUT2D eigenvalue weighted by atomic mass is 32.2. The fraction of sp³-hybridized carbons (Fsp3) is 1.00. The van der Waals surface area contributed by atoms with Crippen molar-refractivity contribution in [2.45, 2.75) is 57.5 Å². The van der Waals surface area contributed by atoms with E-state index in [0.29, 0.717) is 5.41 Å². The minimum Gasteiger partial charge on any atom is -0.329 e. The van der Waals surface area contributed by atoms with Crippen LogP contribution in [0.15, 0.2) is 0 Å². The topological polar surface area (TPSA) is 32.5 Å². The Bertz CT molecular complexity index is 346. The van der Waals surface area contributed by atoms with Gasteiger partial charge in [0.1, 0.15) is 0 Å². The van der Waals surface area contributed by atoms with Gasteiger partial charge in [-0.05, 0) is 30.4 Å². The zero-order chi connectivity index (χ0) is 14.9. The number of nitrogens with two attached hydrogens (primary N) is 1. The van der Waals surface area contributed by atoms with Crippen molar-refractivity contribution in [3.63, 3.8) is 0 Å². The van der Waals surface area contributed by atoms with Gasteiger partial charge in [0.15, 0.2) is 0 Å². The van der Waals surface area contributed by atoms with Crippen molar-refractivity contribution in [1.82, 2.24) is 9.80 Å². The van der Waals surface area contributed by atoms with Gasteiger partial charge in [-0.3, -0.25) is 9.80 Å². The maximum absolute atomic E-state index is 6.28. The van der Waals surface area contributed by atoms with Crippen LogP contribution in [0.5, 0.6) is 0 Å². The summed E-state index contributed by atoms with van der Waals surface area (Å²) in [5.41, 5.74) is 6.97. The monoisotopic (exact) mass is 311 g/mol. The Morgan fingerprint density at radius 2 is 1.71 bits per heavy atom. The Labute approximate surface area is 135 Å². The van der Waals surface area contributed by atoms with Crippen LogP contribution in [0.25, 0.3) is 0 Å². The molecule has 0 aromatic rings. The molecule has 0 radical (unpaired) electrons. The average Bonchev–Trinajstić information content (AvgIpc) is 3.00. The van der Waals surface area contributed by atoms with Crippen molar-refractivity contribution < 1.29 is 0 Å². The molecule has 1 aliphatic carbocycles. The molecule has 2 aliphatic heterocycles. The van der Waals surface area contributed by atoms with Crippen LogP contribution in [0.4, 0.5) is 0 Å². The zero-order valence-corrected chi connectivity index (χ0v) is 14.8. The van der Waals surface area contributed by atoms with Crippen molar-refractivity contribution in [1.29, 1.82) is 0 Å². The molecule has 3 rings (SSSR count). The van der Waals surface area contributed by atoms with Crippen molar-refractivity contribution in [2.75, 3.05) is 44.2 Å². The average molecular weight is 312 g/mol. The Balaban J connectivity index is 1.61. The van der Waals surface area contributed by atoms with Gasteiger partial charge in [0.2, 0.25) is 0 Å². The minimum atomic E-state index is 0.258. The van der Waals surface area contributed by atoms with E-state index in [1.165, 1.54) is 69.8 Å². The molecule has 1 unspecified atom stereocenters. The molecule has 3 nitrogen and oxygen atoms in total. The highest BCUT2D eigenvalue weighted by molar-refractivity contribution is 7.99. The normalized spacial score (nSPS) is 36.1. The molecule has 3 fully saturated rings. The molecule has 122 valence electrons. The van der Waals surface area contributed by atoms with E-state index in [0.717, 1.165) is 12.6 Å². The molecule has 0 spiro atoms. The molecule has 21 heavy (non-hydrogen) atoms. The Hall–Kier alpha value is 0.230. The maximum Gasteiger partial charge on any atom is 0.0428 e. The van der Waals surface area contributed by atoms with Crippen LogP contribution in [0, 0.1) is 5.41 Å². The van der Waals surface area contributed by atoms with Gasteiger partial charge in [0, 0.05) is 50.1 Å². The highest BCUT2D eigenvalue weighted by Gasteiger charge is 2.44. The van der Waals surface area contributed by atoms with Crippen molar-refractivity contribution in [2.24, 2.45) is 11.1 Å². The van der Waals surface area contributed by atoms with Crippen LogP contribution >= 0.6 is 11.8 Å². The quantitative estimate of drug-likeness (QED) is 0.867. The van der Waals surface area contributed by atoms with Gasteiger partial charge in [-0.15, -0.1) is 0 Å². The lowest BCUT2D eigenvalue weighted by molar-refractivity contribution is 0.0108. The first-order valence-electron chi connectivity index (χ1n) is 8.82. The summed E-state index contributed by atoms with van der Waals surface area (Å²) in [6, 6.07) is 0.887. The summed E-state index contributed by atoms with van der Waals surface area (Å²) in [7, 11) is 0. The highest BCUT2D eigenvalue weighted by Crippen LogP contribution is 2.42. The van der Waals surface area contributed by atoms with Crippen LogP contribution in [-0.4, -0.2) is 65.6 Å². The second-order valence-corrected chi connectivity index (χ2v) is 9.21. The first-order valence-corrected chi connectivity index (χ1v) is 9.97. The molecule has 0 aromatic heterocycles. The van der Waals surface area contributed by atoms with Crippen molar-refractivity contribution >= 4 is 11.8 Å². The van der Waals surface area contributed by atoms with Crippen LogP contribution in [0.3, 0.4) is 0 Å². The van der Waals surface area contributed by atoms with Crippen molar-refractivity contribution in [3.05, 3.63) is 0 Å². The molecule has 4 heteroatoms. The van der Waals surface area contributed by atoms with Crippen LogP contribution < -0.4 is 5.73 Å².